The third kappa shape index (κ3) is 5.39. The molecule has 1 atom stereocenters. The Labute approximate surface area is 168 Å². The largest absolute Gasteiger partial charge is 0.496 e. The number of carbonyl (C=O) groups is 3. The fourth-order valence-corrected chi connectivity index (χ4v) is 3.01. The number of nitrogens with one attached hydrogen (secondary N) is 2. The molecule has 2 N–H and O–H groups in total. The minimum Gasteiger partial charge on any atom is -0.496 e. The maximum absolute atomic E-state index is 12.3. The molecule has 0 saturated heterocycles. The normalized spacial score (nSPS) is 16.1. The number of esters is 2. The summed E-state index contributed by atoms with van der Waals surface area (Å²) < 4.78 is 15.6. The second-order valence-corrected chi connectivity index (χ2v) is 6.40. The number of ether oxygens (including phenoxy) is 3. The van der Waals surface area contributed by atoms with Crippen molar-refractivity contribution in [1.82, 2.24) is 10.6 Å². The molecule has 0 bridgehead atoms. The molecule has 1 aliphatic rings. The first-order valence-corrected chi connectivity index (χ1v) is 9.23. The number of amides is 2. The molecule has 2 amide bonds. The molecule has 1 aromatic carbocycles. The van der Waals surface area contributed by atoms with E-state index in [1.165, 1.54) is 7.11 Å². The van der Waals surface area contributed by atoms with Crippen molar-refractivity contribution < 1.29 is 28.6 Å². The summed E-state index contributed by atoms with van der Waals surface area (Å²) in [7, 11) is 1.49. The Morgan fingerprint density at radius 2 is 1.96 bits per heavy atom. The predicted molar refractivity (Wildman–Crippen MR) is 102 cm³/mol. The van der Waals surface area contributed by atoms with Crippen LogP contribution >= 0.6 is 11.6 Å². The van der Waals surface area contributed by atoms with Crippen molar-refractivity contribution in [3.05, 3.63) is 40.1 Å². The summed E-state index contributed by atoms with van der Waals surface area (Å²) in [6.45, 7) is 3.44. The Kier molecular flexibility index (Phi) is 7.69. The molecule has 0 spiro atoms. The summed E-state index contributed by atoms with van der Waals surface area (Å²) in [4.78, 5) is 36.4. The van der Waals surface area contributed by atoms with Crippen molar-refractivity contribution in [2.45, 2.75) is 32.7 Å². The molecule has 1 heterocycles. The Balaban J connectivity index is 2.15. The molecule has 9 heteroatoms. The van der Waals surface area contributed by atoms with Gasteiger partial charge in [-0.1, -0.05) is 18.5 Å². The minimum absolute atomic E-state index is 0.0743. The van der Waals surface area contributed by atoms with Crippen LogP contribution in [-0.2, 0) is 25.5 Å². The van der Waals surface area contributed by atoms with Gasteiger partial charge < -0.3 is 24.8 Å². The monoisotopic (exact) mass is 410 g/mol. The number of urea groups is 1. The van der Waals surface area contributed by atoms with Crippen molar-refractivity contribution in [3.63, 3.8) is 0 Å². The van der Waals surface area contributed by atoms with E-state index in [2.05, 4.69) is 10.6 Å². The predicted octanol–water partition coefficient (Wildman–Crippen LogP) is 2.34. The van der Waals surface area contributed by atoms with Gasteiger partial charge in [-0.05, 0) is 31.5 Å². The van der Waals surface area contributed by atoms with Crippen molar-refractivity contribution in [2.75, 3.05) is 20.3 Å². The summed E-state index contributed by atoms with van der Waals surface area (Å²) >= 11 is 5.97. The number of hydrogen-bond donors (Lipinski definition) is 2. The van der Waals surface area contributed by atoms with Crippen molar-refractivity contribution in [3.8, 4) is 5.75 Å². The van der Waals surface area contributed by atoms with E-state index in [9.17, 15) is 14.4 Å². The summed E-state index contributed by atoms with van der Waals surface area (Å²) in [5, 5.41) is 5.65. The van der Waals surface area contributed by atoms with Gasteiger partial charge in [0.2, 0.25) is 0 Å². The van der Waals surface area contributed by atoms with Crippen LogP contribution in [0.2, 0.25) is 5.02 Å². The first kappa shape index (κ1) is 21.6. The van der Waals surface area contributed by atoms with E-state index in [4.69, 9.17) is 25.8 Å². The van der Waals surface area contributed by atoms with Gasteiger partial charge in [0, 0.05) is 10.6 Å². The Morgan fingerprint density at radius 3 is 2.61 bits per heavy atom. The third-order valence-electron chi connectivity index (χ3n) is 4.10. The molecule has 0 radical (unpaired) electrons. The van der Waals surface area contributed by atoms with Crippen LogP contribution in [0.1, 0.15) is 25.8 Å². The molecule has 1 aromatic rings. The van der Waals surface area contributed by atoms with Crippen LogP contribution < -0.4 is 15.4 Å². The average molecular weight is 411 g/mol. The van der Waals surface area contributed by atoms with Crippen LogP contribution in [0.4, 0.5) is 4.79 Å². The van der Waals surface area contributed by atoms with Gasteiger partial charge in [0.1, 0.15) is 12.4 Å². The van der Waals surface area contributed by atoms with E-state index in [0.717, 1.165) is 0 Å². The van der Waals surface area contributed by atoms with E-state index in [0.29, 0.717) is 22.8 Å². The van der Waals surface area contributed by atoms with Gasteiger partial charge in [-0.25, -0.2) is 9.59 Å². The van der Waals surface area contributed by atoms with Gasteiger partial charge >= 0.3 is 18.0 Å². The Hall–Kier alpha value is -2.74. The van der Waals surface area contributed by atoms with Crippen LogP contribution in [0, 0.1) is 0 Å². The summed E-state index contributed by atoms with van der Waals surface area (Å²) in [6, 6.07) is 3.94. The second-order valence-electron chi connectivity index (χ2n) is 5.97. The lowest BCUT2D eigenvalue weighted by Crippen LogP contribution is -2.51. The molecular weight excluding hydrogens is 388 g/mol. The molecule has 152 valence electrons. The topological polar surface area (TPSA) is 103 Å². The molecule has 0 saturated carbocycles. The quantitative estimate of drug-likeness (QED) is 0.637. The van der Waals surface area contributed by atoms with E-state index in [1.54, 1.807) is 25.1 Å². The highest BCUT2D eigenvalue weighted by molar-refractivity contribution is 6.30. The Bertz CT molecular complexity index is 793. The standard InChI is InChI=1S/C19H23ClN2O6/c1-4-13-17(18(24)27-5-2)14(22-19(25)21-13)10-28-16(23)9-11-8-12(20)6-7-15(11)26-3/h6-8,13H,4-5,9-10H2,1-3H3,(H2,21,22,25)/t13-/m0/s1. The van der Waals surface area contributed by atoms with Gasteiger partial charge in [0.05, 0.1) is 37.4 Å². The van der Waals surface area contributed by atoms with Gasteiger partial charge in [0.15, 0.2) is 0 Å². The number of rotatable bonds is 8. The molecule has 1 aliphatic heterocycles. The third-order valence-corrected chi connectivity index (χ3v) is 4.34. The van der Waals surface area contributed by atoms with E-state index >= 15 is 0 Å². The number of benzene rings is 1. The first-order chi connectivity index (χ1) is 13.4. The first-order valence-electron chi connectivity index (χ1n) is 8.85. The molecule has 8 nitrogen and oxygen atoms in total. The zero-order valence-electron chi connectivity index (χ0n) is 16.0. The van der Waals surface area contributed by atoms with Crippen LogP contribution in [0.5, 0.6) is 5.75 Å². The highest BCUT2D eigenvalue weighted by Crippen LogP contribution is 2.23. The van der Waals surface area contributed by atoms with Crippen molar-refractivity contribution in [2.24, 2.45) is 0 Å². The van der Waals surface area contributed by atoms with E-state index < -0.39 is 24.0 Å². The summed E-state index contributed by atoms with van der Waals surface area (Å²) in [5.41, 5.74) is 1.03. The van der Waals surface area contributed by atoms with E-state index in [-0.39, 0.29) is 30.9 Å². The molecule has 0 aliphatic carbocycles. The van der Waals surface area contributed by atoms with Crippen LogP contribution in [-0.4, -0.2) is 44.3 Å². The van der Waals surface area contributed by atoms with Crippen LogP contribution in [0.25, 0.3) is 0 Å². The van der Waals surface area contributed by atoms with Crippen molar-refractivity contribution in [1.29, 1.82) is 0 Å². The fourth-order valence-electron chi connectivity index (χ4n) is 2.82. The SMILES string of the molecule is CCOC(=O)C1=C(COC(=O)Cc2cc(Cl)ccc2OC)NC(=O)N[C@H]1CC. The maximum atomic E-state index is 12.3. The van der Waals surface area contributed by atoms with Gasteiger partial charge in [-0.15, -0.1) is 0 Å². The van der Waals surface area contributed by atoms with Gasteiger partial charge in [-0.2, -0.15) is 0 Å². The maximum Gasteiger partial charge on any atom is 0.338 e. The Morgan fingerprint density at radius 1 is 1.21 bits per heavy atom. The number of halogens is 1. The lowest BCUT2D eigenvalue weighted by Gasteiger charge is -2.28. The smallest absolute Gasteiger partial charge is 0.338 e. The average Bonchev–Trinajstić information content (AvgIpc) is 2.66. The molecule has 2 rings (SSSR count). The highest BCUT2D eigenvalue weighted by atomic mass is 35.5. The lowest BCUT2D eigenvalue weighted by molar-refractivity contribution is -0.143. The van der Waals surface area contributed by atoms with E-state index in [1.807, 2.05) is 6.92 Å². The molecule has 0 aromatic heterocycles. The summed E-state index contributed by atoms with van der Waals surface area (Å²) in [5.74, 6) is -0.615. The molecular formula is C19H23ClN2O6. The minimum atomic E-state index is -0.565. The fraction of sp³-hybridized carbons (Fsp3) is 0.421. The van der Waals surface area contributed by atoms with Gasteiger partial charge in [-0.3, -0.25) is 4.79 Å². The number of methoxy groups -OCH3 is 1. The van der Waals surface area contributed by atoms with Crippen molar-refractivity contribution >= 4 is 29.6 Å². The number of carbonyl (C=O) groups excluding carboxylic acids is 3. The lowest BCUT2D eigenvalue weighted by atomic mass is 10.0. The molecule has 0 fully saturated rings. The molecule has 28 heavy (non-hydrogen) atoms. The molecule has 0 unspecified atom stereocenters. The zero-order valence-corrected chi connectivity index (χ0v) is 16.7. The highest BCUT2D eigenvalue weighted by Gasteiger charge is 2.32. The number of hydrogen-bond acceptors (Lipinski definition) is 6. The second kappa shape index (κ2) is 9.98. The zero-order chi connectivity index (χ0) is 20.7. The van der Waals surface area contributed by atoms with Crippen LogP contribution in [0.3, 0.4) is 0 Å². The summed E-state index contributed by atoms with van der Waals surface area (Å²) in [6.07, 6.45) is 0.411. The van der Waals surface area contributed by atoms with Crippen LogP contribution in [0.15, 0.2) is 29.5 Å². The van der Waals surface area contributed by atoms with Gasteiger partial charge in [0.25, 0.3) is 0 Å².